The molecule has 0 radical (unpaired) electrons. The van der Waals surface area contributed by atoms with Crippen LogP contribution >= 0.6 is 0 Å². The first kappa shape index (κ1) is 11.2. The van der Waals surface area contributed by atoms with Gasteiger partial charge in [-0.25, -0.2) is 0 Å². The first-order valence-electron chi connectivity index (χ1n) is 4.98. The van der Waals surface area contributed by atoms with Gasteiger partial charge in [0.1, 0.15) is 0 Å². The summed E-state index contributed by atoms with van der Waals surface area (Å²) in [7, 11) is 3.64. The van der Waals surface area contributed by atoms with Crippen LogP contribution in [0.3, 0.4) is 0 Å². The van der Waals surface area contributed by atoms with Gasteiger partial charge in [0.25, 0.3) is 0 Å². The van der Waals surface area contributed by atoms with Crippen LogP contribution < -0.4 is 5.32 Å². The van der Waals surface area contributed by atoms with E-state index in [1.54, 1.807) is 7.11 Å². The fourth-order valence-electron chi connectivity index (χ4n) is 1.38. The van der Waals surface area contributed by atoms with E-state index in [1.807, 2.05) is 24.1 Å². The maximum absolute atomic E-state index is 5.17. The second-order valence-electron chi connectivity index (χ2n) is 3.41. The molecular formula is C10H19N3O. The monoisotopic (exact) mass is 197 g/mol. The zero-order chi connectivity index (χ0) is 10.4. The van der Waals surface area contributed by atoms with Gasteiger partial charge in [0.15, 0.2) is 0 Å². The summed E-state index contributed by atoms with van der Waals surface area (Å²) in [5.74, 6) is 0. The predicted molar refractivity (Wildman–Crippen MR) is 56.1 cm³/mol. The Morgan fingerprint density at radius 3 is 2.93 bits per heavy atom. The Kier molecular flexibility index (Phi) is 4.62. The van der Waals surface area contributed by atoms with Gasteiger partial charge >= 0.3 is 0 Å². The van der Waals surface area contributed by atoms with Crippen molar-refractivity contribution in [2.75, 3.05) is 20.3 Å². The summed E-state index contributed by atoms with van der Waals surface area (Å²) < 4.78 is 6.98. The van der Waals surface area contributed by atoms with Crippen molar-refractivity contribution in [2.24, 2.45) is 7.05 Å². The van der Waals surface area contributed by atoms with Gasteiger partial charge in [0.05, 0.1) is 18.8 Å². The van der Waals surface area contributed by atoms with Crippen molar-refractivity contribution < 1.29 is 4.74 Å². The van der Waals surface area contributed by atoms with E-state index in [2.05, 4.69) is 17.3 Å². The minimum atomic E-state index is 0.258. The van der Waals surface area contributed by atoms with Crippen molar-refractivity contribution in [1.29, 1.82) is 0 Å². The van der Waals surface area contributed by atoms with Crippen LogP contribution in [0.1, 0.15) is 24.9 Å². The Bertz CT molecular complexity index is 260. The van der Waals surface area contributed by atoms with Gasteiger partial charge in [-0.1, -0.05) is 6.92 Å². The van der Waals surface area contributed by atoms with Crippen LogP contribution in [0.2, 0.25) is 0 Å². The highest BCUT2D eigenvalue weighted by Crippen LogP contribution is 2.11. The molecule has 1 aromatic rings. The third-order valence-electron chi connectivity index (χ3n) is 2.10. The molecule has 1 rings (SSSR count). The average molecular weight is 197 g/mol. The molecule has 14 heavy (non-hydrogen) atoms. The van der Waals surface area contributed by atoms with Crippen molar-refractivity contribution in [2.45, 2.75) is 19.4 Å². The van der Waals surface area contributed by atoms with Crippen LogP contribution in [0.5, 0.6) is 0 Å². The van der Waals surface area contributed by atoms with Gasteiger partial charge in [-0.15, -0.1) is 0 Å². The minimum Gasteiger partial charge on any atom is -0.383 e. The van der Waals surface area contributed by atoms with E-state index >= 15 is 0 Å². The molecule has 4 heteroatoms. The van der Waals surface area contributed by atoms with Crippen molar-refractivity contribution >= 4 is 0 Å². The molecule has 0 aliphatic rings. The SMILES string of the molecule is CCCNC(COC)c1cnn(C)c1. The summed E-state index contributed by atoms with van der Waals surface area (Å²) in [6, 6.07) is 0.258. The number of nitrogens with one attached hydrogen (secondary N) is 1. The lowest BCUT2D eigenvalue weighted by Gasteiger charge is -2.15. The van der Waals surface area contributed by atoms with Crippen molar-refractivity contribution in [1.82, 2.24) is 15.1 Å². The maximum Gasteiger partial charge on any atom is 0.0658 e. The summed E-state index contributed by atoms with van der Waals surface area (Å²) in [6.07, 6.45) is 5.03. The highest BCUT2D eigenvalue weighted by Gasteiger charge is 2.11. The van der Waals surface area contributed by atoms with E-state index in [0.29, 0.717) is 6.61 Å². The summed E-state index contributed by atoms with van der Waals surface area (Å²) in [6.45, 7) is 3.84. The molecule has 0 saturated heterocycles. The quantitative estimate of drug-likeness (QED) is 0.742. The van der Waals surface area contributed by atoms with Crippen molar-refractivity contribution in [3.63, 3.8) is 0 Å². The maximum atomic E-state index is 5.17. The Labute approximate surface area is 85.3 Å². The summed E-state index contributed by atoms with van der Waals surface area (Å²) in [4.78, 5) is 0. The third kappa shape index (κ3) is 3.12. The Morgan fingerprint density at radius 2 is 2.43 bits per heavy atom. The molecule has 1 aromatic heterocycles. The second-order valence-corrected chi connectivity index (χ2v) is 3.41. The molecule has 0 aliphatic heterocycles. The topological polar surface area (TPSA) is 39.1 Å². The molecule has 0 spiro atoms. The molecule has 0 amide bonds. The fraction of sp³-hybridized carbons (Fsp3) is 0.700. The van der Waals surface area contributed by atoms with Gasteiger partial charge in [0.2, 0.25) is 0 Å². The number of aromatic nitrogens is 2. The minimum absolute atomic E-state index is 0.258. The number of rotatable bonds is 6. The third-order valence-corrected chi connectivity index (χ3v) is 2.10. The van der Waals surface area contributed by atoms with E-state index in [0.717, 1.165) is 13.0 Å². The van der Waals surface area contributed by atoms with E-state index in [9.17, 15) is 0 Å². The Hall–Kier alpha value is -0.870. The number of aryl methyl sites for hydroxylation is 1. The average Bonchev–Trinajstić information content (AvgIpc) is 2.59. The van der Waals surface area contributed by atoms with Crippen molar-refractivity contribution in [3.8, 4) is 0 Å². The number of nitrogens with zero attached hydrogens (tertiary/aromatic N) is 2. The molecule has 4 nitrogen and oxygen atoms in total. The number of methoxy groups -OCH3 is 1. The summed E-state index contributed by atoms with van der Waals surface area (Å²) in [5.41, 5.74) is 1.18. The van der Waals surface area contributed by atoms with Crippen LogP contribution in [0.25, 0.3) is 0 Å². The van der Waals surface area contributed by atoms with Crippen molar-refractivity contribution in [3.05, 3.63) is 18.0 Å². The Morgan fingerprint density at radius 1 is 1.64 bits per heavy atom. The van der Waals surface area contributed by atoms with Crippen LogP contribution in [-0.4, -0.2) is 30.0 Å². The molecule has 1 atom stereocenters. The molecule has 1 heterocycles. The normalized spacial score (nSPS) is 13.1. The van der Waals surface area contributed by atoms with Gasteiger partial charge in [0, 0.05) is 25.9 Å². The lowest BCUT2D eigenvalue weighted by Crippen LogP contribution is -2.25. The molecule has 0 bridgehead atoms. The largest absolute Gasteiger partial charge is 0.383 e. The predicted octanol–water partition coefficient (Wildman–Crippen LogP) is 1.11. The first-order chi connectivity index (χ1) is 6.77. The zero-order valence-electron chi connectivity index (χ0n) is 9.16. The highest BCUT2D eigenvalue weighted by atomic mass is 16.5. The smallest absolute Gasteiger partial charge is 0.0658 e. The van der Waals surface area contributed by atoms with Crippen LogP contribution in [0.4, 0.5) is 0 Å². The number of hydrogen-bond donors (Lipinski definition) is 1. The number of ether oxygens (including phenoxy) is 1. The molecular weight excluding hydrogens is 178 g/mol. The zero-order valence-corrected chi connectivity index (χ0v) is 9.16. The molecule has 1 unspecified atom stereocenters. The summed E-state index contributed by atoms with van der Waals surface area (Å²) in [5, 5.41) is 7.57. The highest BCUT2D eigenvalue weighted by molar-refractivity contribution is 5.10. The lowest BCUT2D eigenvalue weighted by molar-refractivity contribution is 0.167. The fourth-order valence-corrected chi connectivity index (χ4v) is 1.38. The second kappa shape index (κ2) is 5.78. The number of hydrogen-bond acceptors (Lipinski definition) is 3. The van der Waals surface area contributed by atoms with E-state index in [4.69, 9.17) is 4.74 Å². The molecule has 0 saturated carbocycles. The van der Waals surface area contributed by atoms with Crippen LogP contribution in [0.15, 0.2) is 12.4 Å². The van der Waals surface area contributed by atoms with Gasteiger partial charge in [-0.2, -0.15) is 5.10 Å². The Balaban J connectivity index is 2.57. The standard InChI is InChI=1S/C10H19N3O/c1-4-5-11-10(8-14-3)9-6-12-13(2)7-9/h6-7,10-11H,4-5,8H2,1-3H3. The van der Waals surface area contributed by atoms with Gasteiger partial charge in [-0.3, -0.25) is 4.68 Å². The first-order valence-corrected chi connectivity index (χ1v) is 4.98. The lowest BCUT2D eigenvalue weighted by atomic mass is 10.2. The van der Waals surface area contributed by atoms with E-state index < -0.39 is 0 Å². The molecule has 0 fully saturated rings. The van der Waals surface area contributed by atoms with Gasteiger partial charge in [-0.05, 0) is 13.0 Å². The molecule has 1 N–H and O–H groups in total. The van der Waals surface area contributed by atoms with E-state index in [-0.39, 0.29) is 6.04 Å². The molecule has 80 valence electrons. The van der Waals surface area contributed by atoms with Gasteiger partial charge < -0.3 is 10.1 Å². The van der Waals surface area contributed by atoms with Crippen LogP contribution in [0, 0.1) is 0 Å². The summed E-state index contributed by atoms with van der Waals surface area (Å²) >= 11 is 0. The molecule has 0 aliphatic carbocycles. The molecule has 0 aromatic carbocycles. The van der Waals surface area contributed by atoms with E-state index in [1.165, 1.54) is 5.56 Å². The van der Waals surface area contributed by atoms with Crippen LogP contribution in [-0.2, 0) is 11.8 Å².